The van der Waals surface area contributed by atoms with E-state index in [4.69, 9.17) is 11.6 Å². The first-order chi connectivity index (χ1) is 7.74. The smallest absolute Gasteiger partial charge is 0.207 e. The zero-order valence-electron chi connectivity index (χ0n) is 9.20. The highest BCUT2D eigenvalue weighted by Gasteiger charge is 2.21. The summed E-state index contributed by atoms with van der Waals surface area (Å²) < 4.78 is 1.93. The SMILES string of the molecule is Cc1ccn2c(Cl)nc(CNC3CC3)c2c1. The molecule has 1 aliphatic carbocycles. The molecule has 1 aliphatic rings. The molecule has 0 radical (unpaired) electrons. The number of hydrogen-bond acceptors (Lipinski definition) is 2. The molecule has 1 fully saturated rings. The third-order valence-electron chi connectivity index (χ3n) is 2.97. The van der Waals surface area contributed by atoms with Crippen LogP contribution in [0.3, 0.4) is 0 Å². The summed E-state index contributed by atoms with van der Waals surface area (Å²) in [5.74, 6) is 0. The van der Waals surface area contributed by atoms with Crippen LogP contribution in [0.5, 0.6) is 0 Å². The molecule has 0 saturated heterocycles. The van der Waals surface area contributed by atoms with Crippen LogP contribution in [0.2, 0.25) is 5.28 Å². The van der Waals surface area contributed by atoms with Gasteiger partial charge in [0.15, 0.2) is 0 Å². The summed E-state index contributed by atoms with van der Waals surface area (Å²) in [6, 6.07) is 4.86. The van der Waals surface area contributed by atoms with Gasteiger partial charge in [-0.25, -0.2) is 4.98 Å². The number of aryl methyl sites for hydroxylation is 1. The van der Waals surface area contributed by atoms with Crippen molar-refractivity contribution in [1.82, 2.24) is 14.7 Å². The van der Waals surface area contributed by atoms with Gasteiger partial charge in [0.2, 0.25) is 5.28 Å². The van der Waals surface area contributed by atoms with E-state index in [2.05, 4.69) is 23.3 Å². The normalized spacial score (nSPS) is 15.9. The molecule has 84 valence electrons. The fraction of sp³-hybridized carbons (Fsp3) is 0.417. The molecule has 3 rings (SSSR count). The fourth-order valence-electron chi connectivity index (χ4n) is 1.87. The highest BCUT2D eigenvalue weighted by Crippen LogP contribution is 2.22. The Labute approximate surface area is 99.4 Å². The molecule has 2 aromatic heterocycles. The molecule has 0 aliphatic heterocycles. The van der Waals surface area contributed by atoms with E-state index in [-0.39, 0.29) is 0 Å². The molecular formula is C12H14ClN3. The fourth-order valence-corrected chi connectivity index (χ4v) is 2.12. The van der Waals surface area contributed by atoms with E-state index in [9.17, 15) is 0 Å². The van der Waals surface area contributed by atoms with Crippen LogP contribution in [0, 0.1) is 6.92 Å². The van der Waals surface area contributed by atoms with Crippen molar-refractivity contribution in [1.29, 1.82) is 0 Å². The number of rotatable bonds is 3. The first kappa shape index (κ1) is 10.1. The average Bonchev–Trinajstić information content (AvgIpc) is 3.03. The highest BCUT2D eigenvalue weighted by atomic mass is 35.5. The molecule has 2 heterocycles. The maximum atomic E-state index is 6.09. The molecule has 1 N–H and O–H groups in total. The number of halogens is 1. The van der Waals surface area contributed by atoms with E-state index in [0.717, 1.165) is 17.8 Å². The summed E-state index contributed by atoms with van der Waals surface area (Å²) >= 11 is 6.09. The summed E-state index contributed by atoms with van der Waals surface area (Å²) in [4.78, 5) is 4.40. The number of imidazole rings is 1. The van der Waals surface area contributed by atoms with Crippen molar-refractivity contribution in [3.63, 3.8) is 0 Å². The molecule has 2 aromatic rings. The molecule has 0 aromatic carbocycles. The molecule has 1 saturated carbocycles. The van der Waals surface area contributed by atoms with Crippen LogP contribution < -0.4 is 5.32 Å². The van der Waals surface area contributed by atoms with Crippen LogP contribution in [-0.2, 0) is 6.54 Å². The lowest BCUT2D eigenvalue weighted by molar-refractivity contribution is 0.680. The minimum atomic E-state index is 0.544. The van der Waals surface area contributed by atoms with Gasteiger partial charge in [0, 0.05) is 18.8 Å². The van der Waals surface area contributed by atoms with Gasteiger partial charge in [0.25, 0.3) is 0 Å². The van der Waals surface area contributed by atoms with E-state index < -0.39 is 0 Å². The number of pyridine rings is 1. The van der Waals surface area contributed by atoms with Crippen LogP contribution in [0.25, 0.3) is 5.52 Å². The highest BCUT2D eigenvalue weighted by molar-refractivity contribution is 6.28. The number of nitrogens with zero attached hydrogens (tertiary/aromatic N) is 2. The van der Waals surface area contributed by atoms with Gasteiger partial charge in [-0.05, 0) is 49.1 Å². The van der Waals surface area contributed by atoms with E-state index >= 15 is 0 Å². The van der Waals surface area contributed by atoms with Crippen LogP contribution in [0.4, 0.5) is 0 Å². The van der Waals surface area contributed by atoms with Crippen molar-refractivity contribution in [2.75, 3.05) is 0 Å². The molecule has 4 heteroatoms. The summed E-state index contributed by atoms with van der Waals surface area (Å²) in [6.45, 7) is 2.89. The Hall–Kier alpha value is -1.06. The summed E-state index contributed by atoms with van der Waals surface area (Å²) in [7, 11) is 0. The number of hydrogen-bond donors (Lipinski definition) is 1. The van der Waals surface area contributed by atoms with E-state index in [1.165, 1.54) is 18.4 Å². The van der Waals surface area contributed by atoms with Crippen molar-refractivity contribution in [2.45, 2.75) is 32.4 Å². The second kappa shape index (κ2) is 3.75. The lowest BCUT2D eigenvalue weighted by atomic mass is 10.2. The number of aromatic nitrogens is 2. The average molecular weight is 236 g/mol. The zero-order valence-corrected chi connectivity index (χ0v) is 9.96. The van der Waals surface area contributed by atoms with Gasteiger partial charge in [0.05, 0.1) is 11.2 Å². The topological polar surface area (TPSA) is 29.3 Å². The van der Waals surface area contributed by atoms with Gasteiger partial charge in [-0.15, -0.1) is 0 Å². The van der Waals surface area contributed by atoms with E-state index in [1.807, 2.05) is 16.7 Å². The molecule has 3 nitrogen and oxygen atoms in total. The predicted octanol–water partition coefficient (Wildman–Crippen LogP) is 2.55. The minimum absolute atomic E-state index is 0.544. The van der Waals surface area contributed by atoms with Crippen molar-refractivity contribution < 1.29 is 0 Å². The standard InChI is InChI=1S/C12H14ClN3/c1-8-4-5-16-11(6-8)10(15-12(16)13)7-14-9-2-3-9/h4-6,9,14H,2-3,7H2,1H3. The summed E-state index contributed by atoms with van der Waals surface area (Å²) in [6.07, 6.45) is 4.55. The Morgan fingerprint density at radius 2 is 2.38 bits per heavy atom. The Balaban J connectivity index is 1.98. The predicted molar refractivity (Wildman–Crippen MR) is 64.8 cm³/mol. The monoisotopic (exact) mass is 235 g/mol. The number of nitrogens with one attached hydrogen (secondary N) is 1. The molecule has 0 bridgehead atoms. The maximum absolute atomic E-state index is 6.09. The van der Waals surface area contributed by atoms with Gasteiger partial charge >= 0.3 is 0 Å². The molecule has 0 spiro atoms. The van der Waals surface area contributed by atoms with Gasteiger partial charge in [-0.2, -0.15) is 0 Å². The third kappa shape index (κ3) is 1.81. The molecule has 0 unspecified atom stereocenters. The van der Waals surface area contributed by atoms with Crippen LogP contribution in [0.15, 0.2) is 18.3 Å². The lowest BCUT2D eigenvalue weighted by Crippen LogP contribution is -2.15. The Bertz CT molecular complexity index is 528. The molecule has 0 amide bonds. The van der Waals surface area contributed by atoms with Crippen LogP contribution >= 0.6 is 11.6 Å². The van der Waals surface area contributed by atoms with Crippen LogP contribution in [0.1, 0.15) is 24.1 Å². The van der Waals surface area contributed by atoms with Crippen molar-refractivity contribution in [3.8, 4) is 0 Å². The van der Waals surface area contributed by atoms with Crippen molar-refractivity contribution >= 4 is 17.1 Å². The second-order valence-electron chi connectivity index (χ2n) is 4.44. The third-order valence-corrected chi connectivity index (χ3v) is 3.23. The Morgan fingerprint density at radius 3 is 3.12 bits per heavy atom. The van der Waals surface area contributed by atoms with Gasteiger partial charge in [0.1, 0.15) is 0 Å². The van der Waals surface area contributed by atoms with Gasteiger partial charge < -0.3 is 5.32 Å². The number of fused-ring (bicyclic) bond motifs is 1. The summed E-state index contributed by atoms with van der Waals surface area (Å²) in [5, 5.41) is 4.01. The zero-order chi connectivity index (χ0) is 11.1. The van der Waals surface area contributed by atoms with Crippen LogP contribution in [-0.4, -0.2) is 15.4 Å². The van der Waals surface area contributed by atoms with Gasteiger partial charge in [-0.1, -0.05) is 0 Å². The second-order valence-corrected chi connectivity index (χ2v) is 4.78. The molecular weight excluding hydrogens is 222 g/mol. The first-order valence-electron chi connectivity index (χ1n) is 5.60. The Kier molecular flexibility index (Phi) is 2.37. The van der Waals surface area contributed by atoms with E-state index in [1.54, 1.807) is 0 Å². The largest absolute Gasteiger partial charge is 0.308 e. The summed E-state index contributed by atoms with van der Waals surface area (Å²) in [5.41, 5.74) is 3.38. The van der Waals surface area contributed by atoms with Gasteiger partial charge in [-0.3, -0.25) is 4.40 Å². The van der Waals surface area contributed by atoms with E-state index in [0.29, 0.717) is 11.3 Å². The Morgan fingerprint density at radius 1 is 1.56 bits per heavy atom. The molecule has 16 heavy (non-hydrogen) atoms. The lowest BCUT2D eigenvalue weighted by Gasteiger charge is -2.01. The van der Waals surface area contributed by atoms with Crippen molar-refractivity contribution in [2.24, 2.45) is 0 Å². The quantitative estimate of drug-likeness (QED) is 0.886. The molecule has 0 atom stereocenters. The first-order valence-corrected chi connectivity index (χ1v) is 5.98. The maximum Gasteiger partial charge on any atom is 0.207 e. The minimum Gasteiger partial charge on any atom is -0.308 e. The van der Waals surface area contributed by atoms with Crippen molar-refractivity contribution in [3.05, 3.63) is 34.9 Å².